The van der Waals surface area contributed by atoms with Gasteiger partial charge in [0.1, 0.15) is 12.4 Å². The van der Waals surface area contributed by atoms with Crippen LogP contribution in [0.2, 0.25) is 10.0 Å². The second-order valence-electron chi connectivity index (χ2n) is 9.45. The highest BCUT2D eigenvalue weighted by molar-refractivity contribution is 7.84. The zero-order valence-electron chi connectivity index (χ0n) is 20.1. The minimum Gasteiger partial charge on any atom is -0.489 e. The lowest BCUT2D eigenvalue weighted by Crippen LogP contribution is -2.44. The highest BCUT2D eigenvalue weighted by Gasteiger charge is 2.34. The number of carbonyl (C=O) groups excluding carboxylic acids is 1. The molecule has 2 N–H and O–H groups in total. The standard InChI is InChI=1S/C25H31Cl2N3O4S/c1-5-12-34-21-14-20(27)19(26)13-18(21)23(29-35(33)25(2,3)4)16-8-10-30(11-9-16)24(32)17-6-7-22(31)28-15-17/h5-7,13-16,23,29H,1,8-12H2,2-4H3,(H,28,31)/t23-,35+/m1/s1. The minimum absolute atomic E-state index is 0.0595. The van der Waals surface area contributed by atoms with Crippen LogP contribution in [0, 0.1) is 5.92 Å². The van der Waals surface area contributed by atoms with Gasteiger partial charge in [0.05, 0.1) is 37.4 Å². The molecule has 1 amide bonds. The fourth-order valence-corrected chi connectivity index (χ4v) is 5.16. The first-order chi connectivity index (χ1) is 16.5. The monoisotopic (exact) mass is 539 g/mol. The number of amides is 1. The van der Waals surface area contributed by atoms with Gasteiger partial charge in [-0.3, -0.25) is 9.59 Å². The second kappa shape index (κ2) is 11.7. The van der Waals surface area contributed by atoms with E-state index >= 15 is 0 Å². The van der Waals surface area contributed by atoms with E-state index in [0.29, 0.717) is 47.3 Å². The van der Waals surface area contributed by atoms with Crippen molar-refractivity contribution in [3.05, 3.63) is 74.6 Å². The average Bonchev–Trinajstić information content (AvgIpc) is 2.82. The number of halogens is 2. The molecule has 2 atom stereocenters. The molecule has 0 radical (unpaired) electrons. The van der Waals surface area contributed by atoms with Crippen molar-refractivity contribution < 1.29 is 13.7 Å². The number of carbonyl (C=O) groups is 1. The van der Waals surface area contributed by atoms with Gasteiger partial charge in [0.25, 0.3) is 5.91 Å². The Bertz CT molecular complexity index is 1130. The van der Waals surface area contributed by atoms with E-state index in [9.17, 15) is 13.8 Å². The van der Waals surface area contributed by atoms with Gasteiger partial charge < -0.3 is 14.6 Å². The van der Waals surface area contributed by atoms with Crippen LogP contribution in [0.1, 0.15) is 55.6 Å². The van der Waals surface area contributed by atoms with Gasteiger partial charge >= 0.3 is 0 Å². The number of aromatic amines is 1. The van der Waals surface area contributed by atoms with E-state index in [-0.39, 0.29) is 30.0 Å². The van der Waals surface area contributed by atoms with Crippen molar-refractivity contribution in [3.8, 4) is 5.75 Å². The first-order valence-corrected chi connectivity index (χ1v) is 13.3. The van der Waals surface area contributed by atoms with Gasteiger partial charge in [-0.25, -0.2) is 8.93 Å². The molecule has 1 saturated heterocycles. The molecule has 10 heteroatoms. The summed E-state index contributed by atoms with van der Waals surface area (Å²) in [5.74, 6) is 0.478. The molecular weight excluding hydrogens is 509 g/mol. The number of piperidine rings is 1. The Morgan fingerprint density at radius 3 is 2.51 bits per heavy atom. The Morgan fingerprint density at radius 2 is 1.94 bits per heavy atom. The number of nitrogens with zero attached hydrogens (tertiary/aromatic N) is 1. The number of aromatic nitrogens is 1. The first-order valence-electron chi connectivity index (χ1n) is 11.4. The first kappa shape index (κ1) is 27.5. The Morgan fingerprint density at radius 1 is 1.29 bits per heavy atom. The van der Waals surface area contributed by atoms with Crippen molar-refractivity contribution in [1.29, 1.82) is 0 Å². The summed E-state index contributed by atoms with van der Waals surface area (Å²) >= 11 is 12.7. The molecule has 1 aromatic carbocycles. The molecule has 2 aromatic rings. The molecule has 0 spiro atoms. The molecular formula is C25H31Cl2N3O4S. The molecule has 0 aliphatic carbocycles. The summed E-state index contributed by atoms with van der Waals surface area (Å²) < 4.78 is 21.9. The Kier molecular flexibility index (Phi) is 9.21. The fraction of sp³-hybridized carbons (Fsp3) is 0.440. The van der Waals surface area contributed by atoms with Gasteiger partial charge in [-0.15, -0.1) is 0 Å². The zero-order valence-corrected chi connectivity index (χ0v) is 22.4. The number of ether oxygens (including phenoxy) is 1. The van der Waals surface area contributed by atoms with Crippen LogP contribution in [0.15, 0.2) is 47.9 Å². The molecule has 0 saturated carbocycles. The molecule has 1 aliphatic rings. The third-order valence-electron chi connectivity index (χ3n) is 5.86. The summed E-state index contributed by atoms with van der Waals surface area (Å²) in [5.41, 5.74) is 0.956. The zero-order chi connectivity index (χ0) is 25.8. The minimum atomic E-state index is -1.36. The van der Waals surface area contributed by atoms with E-state index in [4.69, 9.17) is 27.9 Å². The topological polar surface area (TPSA) is 91.5 Å². The Hall–Kier alpha value is -2.13. The summed E-state index contributed by atoms with van der Waals surface area (Å²) in [7, 11) is -1.36. The normalized spacial score (nSPS) is 16.5. The Labute approximate surface area is 218 Å². The van der Waals surface area contributed by atoms with E-state index in [1.165, 1.54) is 18.3 Å². The van der Waals surface area contributed by atoms with Crippen LogP contribution < -0.4 is 15.0 Å². The molecule has 1 aromatic heterocycles. The van der Waals surface area contributed by atoms with Gasteiger partial charge in [0, 0.05) is 37.0 Å². The van der Waals surface area contributed by atoms with Crippen LogP contribution in [0.25, 0.3) is 0 Å². The van der Waals surface area contributed by atoms with Crippen molar-refractivity contribution in [2.75, 3.05) is 19.7 Å². The molecule has 190 valence electrons. The fourth-order valence-electron chi connectivity index (χ4n) is 3.93. The molecule has 3 rings (SSSR count). The number of rotatable bonds is 8. The maximum Gasteiger partial charge on any atom is 0.255 e. The van der Waals surface area contributed by atoms with Gasteiger partial charge in [-0.2, -0.15) is 0 Å². The van der Waals surface area contributed by atoms with Gasteiger partial charge in [0.15, 0.2) is 0 Å². The van der Waals surface area contributed by atoms with Crippen molar-refractivity contribution in [1.82, 2.24) is 14.6 Å². The molecule has 0 bridgehead atoms. The van der Waals surface area contributed by atoms with Crippen LogP contribution in [-0.2, 0) is 11.0 Å². The van der Waals surface area contributed by atoms with Gasteiger partial charge in [0.2, 0.25) is 5.56 Å². The highest BCUT2D eigenvalue weighted by atomic mass is 35.5. The van der Waals surface area contributed by atoms with Crippen molar-refractivity contribution in [2.45, 2.75) is 44.4 Å². The summed E-state index contributed by atoms with van der Waals surface area (Å²) in [6.45, 7) is 10.8. The van der Waals surface area contributed by atoms with Crippen molar-refractivity contribution in [3.63, 3.8) is 0 Å². The SMILES string of the molecule is C=CCOc1cc(Cl)c(Cl)cc1[C@H](N[S@@](=O)C(C)(C)C)C1CCN(C(=O)c2ccc(=O)[nH]c2)CC1. The largest absolute Gasteiger partial charge is 0.489 e. The average molecular weight is 541 g/mol. The smallest absolute Gasteiger partial charge is 0.255 e. The van der Waals surface area contributed by atoms with Crippen LogP contribution in [0.4, 0.5) is 0 Å². The van der Waals surface area contributed by atoms with Crippen molar-refractivity contribution in [2.24, 2.45) is 5.92 Å². The van der Waals surface area contributed by atoms with Crippen LogP contribution in [0.3, 0.4) is 0 Å². The van der Waals surface area contributed by atoms with Crippen LogP contribution >= 0.6 is 23.2 Å². The lowest BCUT2D eigenvalue weighted by atomic mass is 9.85. The van der Waals surface area contributed by atoms with E-state index in [1.54, 1.807) is 23.1 Å². The predicted molar refractivity (Wildman–Crippen MR) is 142 cm³/mol. The highest BCUT2D eigenvalue weighted by Crippen LogP contribution is 2.40. The maximum atomic E-state index is 13.1. The summed E-state index contributed by atoms with van der Waals surface area (Å²) in [5, 5.41) is 0.748. The number of hydrogen-bond acceptors (Lipinski definition) is 4. The quantitative estimate of drug-likeness (QED) is 0.467. The molecule has 35 heavy (non-hydrogen) atoms. The maximum absolute atomic E-state index is 13.1. The van der Waals surface area contributed by atoms with E-state index < -0.39 is 15.7 Å². The number of H-pyrrole nitrogens is 1. The molecule has 2 heterocycles. The molecule has 1 aliphatic heterocycles. The molecule has 0 unspecified atom stereocenters. The van der Waals surface area contributed by atoms with Crippen LogP contribution in [-0.4, -0.2) is 44.4 Å². The van der Waals surface area contributed by atoms with Gasteiger partial charge in [-0.05, 0) is 51.7 Å². The number of hydrogen-bond donors (Lipinski definition) is 2. The predicted octanol–water partition coefficient (Wildman–Crippen LogP) is 4.89. The third-order valence-corrected chi connectivity index (χ3v) is 8.17. The summed E-state index contributed by atoms with van der Waals surface area (Å²) in [4.78, 5) is 28.5. The lowest BCUT2D eigenvalue weighted by Gasteiger charge is -2.38. The number of pyridine rings is 1. The van der Waals surface area contributed by atoms with E-state index in [2.05, 4.69) is 16.3 Å². The Balaban J connectivity index is 1.87. The lowest BCUT2D eigenvalue weighted by molar-refractivity contribution is 0.0674. The van der Waals surface area contributed by atoms with Gasteiger partial charge in [-0.1, -0.05) is 35.9 Å². The number of benzene rings is 1. The second-order valence-corrected chi connectivity index (χ2v) is 12.3. The summed E-state index contributed by atoms with van der Waals surface area (Å²) in [6.07, 6.45) is 4.43. The van der Waals surface area contributed by atoms with Crippen molar-refractivity contribution >= 4 is 40.1 Å². The third kappa shape index (κ3) is 6.97. The molecule has 1 fully saturated rings. The molecule has 7 nitrogen and oxygen atoms in total. The van der Waals surface area contributed by atoms with E-state index in [0.717, 1.165) is 5.56 Å². The van der Waals surface area contributed by atoms with E-state index in [1.807, 2.05) is 20.8 Å². The number of nitrogens with one attached hydrogen (secondary N) is 2. The summed E-state index contributed by atoms with van der Waals surface area (Å²) in [6, 6.07) is 5.97. The number of likely N-dealkylation sites (tertiary alicyclic amines) is 1. The van der Waals surface area contributed by atoms with Crippen LogP contribution in [0.5, 0.6) is 5.75 Å².